The van der Waals surface area contributed by atoms with E-state index in [1.165, 1.54) is 13.2 Å². The molecular weight excluding hydrogens is 292 g/mol. The number of esters is 1. The third kappa shape index (κ3) is 3.86. The summed E-state index contributed by atoms with van der Waals surface area (Å²) < 4.78 is 9.70. The zero-order valence-electron chi connectivity index (χ0n) is 13.3. The molecule has 0 saturated heterocycles. The van der Waals surface area contributed by atoms with E-state index in [0.717, 1.165) is 5.56 Å². The van der Waals surface area contributed by atoms with E-state index >= 15 is 0 Å². The molecule has 23 heavy (non-hydrogen) atoms. The van der Waals surface area contributed by atoms with Crippen LogP contribution in [0.1, 0.15) is 27.0 Å². The number of hydrogen-bond acceptors (Lipinski definition) is 4. The van der Waals surface area contributed by atoms with Gasteiger partial charge in [0, 0.05) is 17.2 Å². The van der Waals surface area contributed by atoms with Gasteiger partial charge in [0.2, 0.25) is 0 Å². The van der Waals surface area contributed by atoms with Crippen LogP contribution in [0.2, 0.25) is 0 Å². The van der Waals surface area contributed by atoms with Crippen molar-refractivity contribution in [3.8, 4) is 5.75 Å². The molecule has 2 aromatic carbocycles. The number of ketones is 1. The first kappa shape index (κ1) is 16.5. The van der Waals surface area contributed by atoms with Crippen molar-refractivity contribution in [3.05, 3.63) is 70.8 Å². The summed E-state index contributed by atoms with van der Waals surface area (Å²) >= 11 is 0. The minimum atomic E-state index is -0.462. The van der Waals surface area contributed by atoms with Crippen LogP contribution in [-0.2, 0) is 9.53 Å². The maximum Gasteiger partial charge on any atom is 0.330 e. The number of carbonyl (C=O) groups excluding carboxylic acids is 2. The fourth-order valence-corrected chi connectivity index (χ4v) is 2.22. The lowest BCUT2D eigenvalue weighted by atomic mass is 9.95. The lowest BCUT2D eigenvalue weighted by molar-refractivity contribution is -0.134. The molecule has 0 aliphatic rings. The summed E-state index contributed by atoms with van der Waals surface area (Å²) in [7, 11) is 2.89. The van der Waals surface area contributed by atoms with Gasteiger partial charge in [-0.05, 0) is 48.4 Å². The summed E-state index contributed by atoms with van der Waals surface area (Å²) in [5.74, 6) is 0.119. The predicted molar refractivity (Wildman–Crippen MR) is 88.7 cm³/mol. The molecule has 0 aliphatic heterocycles. The molecule has 0 bridgehead atoms. The number of hydrogen-bond donors (Lipinski definition) is 0. The molecule has 0 atom stereocenters. The molecule has 0 heterocycles. The third-order valence-electron chi connectivity index (χ3n) is 3.51. The second kappa shape index (κ2) is 7.40. The van der Waals surface area contributed by atoms with Crippen LogP contribution in [0.25, 0.3) is 6.08 Å². The average Bonchev–Trinajstić information content (AvgIpc) is 2.59. The fraction of sp³-hybridized carbons (Fsp3) is 0.158. The Hall–Kier alpha value is -2.88. The maximum absolute atomic E-state index is 12.7. The van der Waals surface area contributed by atoms with Crippen molar-refractivity contribution in [2.45, 2.75) is 6.92 Å². The van der Waals surface area contributed by atoms with E-state index in [1.54, 1.807) is 43.5 Å². The predicted octanol–water partition coefficient (Wildman–Crippen LogP) is 3.42. The second-order valence-electron chi connectivity index (χ2n) is 4.95. The highest BCUT2D eigenvalue weighted by atomic mass is 16.5. The molecule has 0 aromatic heterocycles. The van der Waals surface area contributed by atoms with Crippen LogP contribution in [0.15, 0.2) is 48.5 Å². The van der Waals surface area contributed by atoms with Gasteiger partial charge in [0.05, 0.1) is 14.2 Å². The van der Waals surface area contributed by atoms with Crippen molar-refractivity contribution in [1.82, 2.24) is 0 Å². The molecule has 4 heteroatoms. The van der Waals surface area contributed by atoms with Crippen LogP contribution in [0, 0.1) is 6.92 Å². The number of carbonyl (C=O) groups is 2. The van der Waals surface area contributed by atoms with Crippen LogP contribution in [0.4, 0.5) is 0 Å². The topological polar surface area (TPSA) is 52.6 Å². The molecule has 118 valence electrons. The van der Waals surface area contributed by atoms with Crippen molar-refractivity contribution in [2.75, 3.05) is 14.2 Å². The molecule has 0 amide bonds. The molecule has 0 saturated carbocycles. The van der Waals surface area contributed by atoms with Crippen molar-refractivity contribution >= 4 is 17.8 Å². The van der Waals surface area contributed by atoms with Gasteiger partial charge in [-0.2, -0.15) is 0 Å². The molecule has 4 nitrogen and oxygen atoms in total. The van der Waals surface area contributed by atoms with Gasteiger partial charge in [-0.25, -0.2) is 4.79 Å². The Labute approximate surface area is 135 Å². The van der Waals surface area contributed by atoms with Gasteiger partial charge in [-0.15, -0.1) is 0 Å². The Morgan fingerprint density at radius 2 is 1.70 bits per heavy atom. The van der Waals surface area contributed by atoms with Gasteiger partial charge in [-0.3, -0.25) is 4.79 Å². The van der Waals surface area contributed by atoms with E-state index in [2.05, 4.69) is 4.74 Å². The van der Waals surface area contributed by atoms with Gasteiger partial charge in [-0.1, -0.05) is 18.2 Å². The molecule has 0 aliphatic carbocycles. The number of ether oxygens (including phenoxy) is 2. The lowest BCUT2D eigenvalue weighted by Crippen LogP contribution is -2.05. The number of rotatable bonds is 5. The average molecular weight is 310 g/mol. The van der Waals surface area contributed by atoms with E-state index in [1.807, 2.05) is 19.1 Å². The van der Waals surface area contributed by atoms with Gasteiger partial charge >= 0.3 is 5.97 Å². The van der Waals surface area contributed by atoms with E-state index in [9.17, 15) is 9.59 Å². The summed E-state index contributed by atoms with van der Waals surface area (Å²) in [6.07, 6.45) is 2.92. The van der Waals surface area contributed by atoms with E-state index in [4.69, 9.17) is 4.74 Å². The first-order chi connectivity index (χ1) is 11.1. The monoisotopic (exact) mass is 310 g/mol. The fourth-order valence-electron chi connectivity index (χ4n) is 2.22. The highest BCUT2D eigenvalue weighted by Crippen LogP contribution is 2.21. The normalized spacial score (nSPS) is 10.6. The van der Waals surface area contributed by atoms with Crippen molar-refractivity contribution in [3.63, 3.8) is 0 Å². The zero-order valence-corrected chi connectivity index (χ0v) is 13.3. The molecule has 2 aromatic rings. The molecule has 2 rings (SSSR count). The maximum atomic E-state index is 12.7. The Balaban J connectivity index is 2.41. The van der Waals surface area contributed by atoms with Gasteiger partial charge in [0.1, 0.15) is 5.75 Å². The molecule has 0 N–H and O–H groups in total. The number of benzene rings is 2. The van der Waals surface area contributed by atoms with Crippen LogP contribution in [-0.4, -0.2) is 26.0 Å². The summed E-state index contributed by atoms with van der Waals surface area (Å²) in [6.45, 7) is 1.89. The van der Waals surface area contributed by atoms with Crippen molar-refractivity contribution < 1.29 is 19.1 Å². The molecule has 0 unspecified atom stereocenters. The van der Waals surface area contributed by atoms with Gasteiger partial charge < -0.3 is 9.47 Å². The Kier molecular flexibility index (Phi) is 5.31. The Morgan fingerprint density at radius 3 is 2.30 bits per heavy atom. The molecule has 0 radical (unpaired) electrons. The minimum absolute atomic E-state index is 0.110. The summed E-state index contributed by atoms with van der Waals surface area (Å²) in [4.78, 5) is 24.1. The van der Waals surface area contributed by atoms with Crippen LogP contribution in [0.3, 0.4) is 0 Å². The number of methoxy groups -OCH3 is 2. The largest absolute Gasteiger partial charge is 0.497 e. The summed E-state index contributed by atoms with van der Waals surface area (Å²) in [5.41, 5.74) is 2.71. The minimum Gasteiger partial charge on any atom is -0.497 e. The Morgan fingerprint density at radius 1 is 1.00 bits per heavy atom. The standard InChI is InChI=1S/C19H18O4/c1-13-5-4-6-17(16(13)11-12-18(20)23-3)19(21)14-7-9-15(22-2)10-8-14/h4-12H,1-3H3/b12-11+. The highest BCUT2D eigenvalue weighted by Gasteiger charge is 2.14. The van der Waals surface area contributed by atoms with Crippen molar-refractivity contribution in [1.29, 1.82) is 0 Å². The van der Waals surface area contributed by atoms with E-state index in [-0.39, 0.29) is 5.78 Å². The second-order valence-corrected chi connectivity index (χ2v) is 4.95. The smallest absolute Gasteiger partial charge is 0.330 e. The van der Waals surface area contributed by atoms with Crippen molar-refractivity contribution in [2.24, 2.45) is 0 Å². The molecule has 0 fully saturated rings. The third-order valence-corrected chi connectivity index (χ3v) is 3.51. The molecular formula is C19H18O4. The molecule has 0 spiro atoms. The van der Waals surface area contributed by atoms with Crippen LogP contribution >= 0.6 is 0 Å². The quantitative estimate of drug-likeness (QED) is 0.482. The van der Waals surface area contributed by atoms with E-state index in [0.29, 0.717) is 22.4 Å². The van der Waals surface area contributed by atoms with Crippen LogP contribution < -0.4 is 4.74 Å². The lowest BCUT2D eigenvalue weighted by Gasteiger charge is -2.09. The zero-order chi connectivity index (χ0) is 16.8. The van der Waals surface area contributed by atoms with E-state index < -0.39 is 5.97 Å². The van der Waals surface area contributed by atoms with Gasteiger partial charge in [0.15, 0.2) is 5.78 Å². The number of aryl methyl sites for hydroxylation is 1. The first-order valence-corrected chi connectivity index (χ1v) is 7.11. The summed E-state index contributed by atoms with van der Waals surface area (Å²) in [6, 6.07) is 12.4. The first-order valence-electron chi connectivity index (χ1n) is 7.11. The SMILES string of the molecule is COC(=O)/C=C/c1c(C)cccc1C(=O)c1ccc(OC)cc1. The van der Waals surface area contributed by atoms with Gasteiger partial charge in [0.25, 0.3) is 0 Å². The highest BCUT2D eigenvalue weighted by molar-refractivity contribution is 6.11. The van der Waals surface area contributed by atoms with Crippen LogP contribution in [0.5, 0.6) is 5.75 Å². The summed E-state index contributed by atoms with van der Waals surface area (Å²) in [5, 5.41) is 0. The Bertz CT molecular complexity index is 742.